The number of amides is 3. The van der Waals surface area contributed by atoms with Crippen molar-refractivity contribution in [3.05, 3.63) is 47.4 Å². The molecule has 1 fully saturated rings. The molecule has 10 nitrogen and oxygen atoms in total. The molecule has 0 spiro atoms. The molecular formula is C21H26N6O4S. The number of imidazole rings is 1. The van der Waals surface area contributed by atoms with Gasteiger partial charge in [0.05, 0.1) is 19.4 Å². The Hall–Kier alpha value is -3.02. The lowest BCUT2D eigenvalue weighted by molar-refractivity contribution is 0.0954. The van der Waals surface area contributed by atoms with Crippen LogP contribution in [-0.4, -0.2) is 66.3 Å². The first kappa shape index (κ1) is 22.2. The molecule has 3 amide bonds. The molecule has 32 heavy (non-hydrogen) atoms. The van der Waals surface area contributed by atoms with E-state index < -0.39 is 0 Å². The van der Waals surface area contributed by atoms with Gasteiger partial charge in [0, 0.05) is 57.9 Å². The smallest absolute Gasteiger partial charge is 0.323 e. The van der Waals surface area contributed by atoms with Crippen LogP contribution in [0.4, 0.5) is 9.93 Å². The summed E-state index contributed by atoms with van der Waals surface area (Å²) in [6, 6.07) is 3.57. The van der Waals surface area contributed by atoms with Crippen molar-refractivity contribution in [2.45, 2.75) is 13.0 Å². The average molecular weight is 459 g/mol. The molecule has 0 aromatic carbocycles. The van der Waals surface area contributed by atoms with Crippen molar-refractivity contribution < 1.29 is 19.1 Å². The molecule has 0 saturated carbocycles. The third-order valence-corrected chi connectivity index (χ3v) is 6.16. The fourth-order valence-corrected chi connectivity index (χ4v) is 4.26. The van der Waals surface area contributed by atoms with Gasteiger partial charge in [0.2, 0.25) is 0 Å². The van der Waals surface area contributed by atoms with Crippen molar-refractivity contribution >= 4 is 34.1 Å². The first-order valence-corrected chi connectivity index (χ1v) is 11.2. The molecular weight excluding hydrogens is 432 g/mol. The van der Waals surface area contributed by atoms with Gasteiger partial charge in [0.25, 0.3) is 5.91 Å². The van der Waals surface area contributed by atoms with Gasteiger partial charge < -0.3 is 24.5 Å². The summed E-state index contributed by atoms with van der Waals surface area (Å²) in [5.74, 6) is 0.00543. The Labute approximate surface area is 189 Å². The van der Waals surface area contributed by atoms with Crippen molar-refractivity contribution in [1.29, 1.82) is 0 Å². The minimum Gasteiger partial charge on any atom is -0.383 e. The van der Waals surface area contributed by atoms with Crippen LogP contribution in [0.1, 0.15) is 21.7 Å². The number of pyridine rings is 1. The molecule has 0 aliphatic carbocycles. The molecule has 1 aliphatic rings. The molecule has 11 heteroatoms. The lowest BCUT2D eigenvalue weighted by Crippen LogP contribution is -2.43. The van der Waals surface area contributed by atoms with Gasteiger partial charge in [-0.3, -0.25) is 9.69 Å². The summed E-state index contributed by atoms with van der Waals surface area (Å²) in [4.78, 5) is 36.0. The Kier molecular flexibility index (Phi) is 7.30. The summed E-state index contributed by atoms with van der Waals surface area (Å²) in [5, 5.41) is 6.23. The first-order chi connectivity index (χ1) is 15.6. The van der Waals surface area contributed by atoms with E-state index in [2.05, 4.69) is 20.6 Å². The molecule has 2 N–H and O–H groups in total. The summed E-state index contributed by atoms with van der Waals surface area (Å²) in [6.45, 7) is 2.98. The second-order valence-electron chi connectivity index (χ2n) is 7.48. The number of methoxy groups -OCH3 is 1. The quantitative estimate of drug-likeness (QED) is 0.474. The predicted molar refractivity (Wildman–Crippen MR) is 120 cm³/mol. The maximum absolute atomic E-state index is 12.8. The van der Waals surface area contributed by atoms with Crippen molar-refractivity contribution in [3.63, 3.8) is 0 Å². The monoisotopic (exact) mass is 458 g/mol. The summed E-state index contributed by atoms with van der Waals surface area (Å²) in [5.41, 5.74) is 1.80. The van der Waals surface area contributed by atoms with Crippen molar-refractivity contribution in [2.75, 3.05) is 44.9 Å². The number of aromatic nitrogens is 3. The van der Waals surface area contributed by atoms with Gasteiger partial charge in [0.1, 0.15) is 10.5 Å². The number of anilines is 1. The number of hydrogen-bond donors (Lipinski definition) is 2. The van der Waals surface area contributed by atoms with Crippen LogP contribution < -0.4 is 15.5 Å². The summed E-state index contributed by atoms with van der Waals surface area (Å²) < 4.78 is 12.4. The number of ether oxygens (including phenoxy) is 2. The van der Waals surface area contributed by atoms with Crippen LogP contribution >= 0.6 is 11.3 Å². The van der Waals surface area contributed by atoms with E-state index in [9.17, 15) is 9.59 Å². The predicted octanol–water partition coefficient (Wildman–Crippen LogP) is 1.92. The Morgan fingerprint density at radius 2 is 2.25 bits per heavy atom. The van der Waals surface area contributed by atoms with Crippen LogP contribution in [0.5, 0.6) is 0 Å². The zero-order chi connectivity index (χ0) is 22.3. The molecule has 3 aromatic rings. The van der Waals surface area contributed by atoms with Gasteiger partial charge in [-0.1, -0.05) is 17.4 Å². The van der Waals surface area contributed by atoms with Gasteiger partial charge in [-0.05, 0) is 18.1 Å². The molecule has 170 valence electrons. The van der Waals surface area contributed by atoms with E-state index in [0.717, 1.165) is 17.6 Å². The molecule has 0 radical (unpaired) electrons. The highest BCUT2D eigenvalue weighted by Gasteiger charge is 2.26. The van der Waals surface area contributed by atoms with Gasteiger partial charge >= 0.3 is 6.03 Å². The van der Waals surface area contributed by atoms with E-state index in [1.165, 1.54) is 17.5 Å². The van der Waals surface area contributed by atoms with Gasteiger partial charge in [0.15, 0.2) is 5.13 Å². The second-order valence-corrected chi connectivity index (χ2v) is 8.49. The zero-order valence-electron chi connectivity index (χ0n) is 17.8. The van der Waals surface area contributed by atoms with Crippen LogP contribution in [0.15, 0.2) is 36.9 Å². The zero-order valence-corrected chi connectivity index (χ0v) is 18.6. The van der Waals surface area contributed by atoms with Crippen LogP contribution in [0, 0.1) is 5.92 Å². The molecule has 0 bridgehead atoms. The standard InChI is InChI=1S/C21H26N6O4S/c1-30-9-6-23-20(29)27(13-16-4-8-31-14-16)21-25-11-17(32-21)19(28)24-10-15-2-3-18-22-5-7-26(18)12-15/h2-3,5,7,11-12,16H,4,6,8-10,13-14H2,1H3,(H,23,29)(H,24,28). The van der Waals surface area contributed by atoms with E-state index in [1.807, 2.05) is 28.9 Å². The van der Waals surface area contributed by atoms with Crippen LogP contribution in [0.25, 0.3) is 5.65 Å². The lowest BCUT2D eigenvalue weighted by atomic mass is 10.1. The molecule has 4 rings (SSSR count). The normalized spacial score (nSPS) is 15.7. The molecule has 4 heterocycles. The largest absolute Gasteiger partial charge is 0.383 e. The topological polar surface area (TPSA) is 110 Å². The van der Waals surface area contributed by atoms with Crippen molar-refractivity contribution in [1.82, 2.24) is 25.0 Å². The number of urea groups is 1. The van der Waals surface area contributed by atoms with Crippen LogP contribution in [-0.2, 0) is 16.0 Å². The number of nitrogens with zero attached hydrogens (tertiary/aromatic N) is 4. The summed E-state index contributed by atoms with van der Waals surface area (Å²) in [7, 11) is 1.58. The number of thiazole rings is 1. The average Bonchev–Trinajstić information content (AvgIpc) is 3.57. The van der Waals surface area contributed by atoms with E-state index in [0.29, 0.717) is 49.5 Å². The van der Waals surface area contributed by atoms with Crippen LogP contribution in [0.2, 0.25) is 0 Å². The molecule has 3 aromatic heterocycles. The van der Waals surface area contributed by atoms with E-state index >= 15 is 0 Å². The Bertz CT molecular complexity index is 1060. The molecule has 1 atom stereocenters. The number of nitrogens with one attached hydrogen (secondary N) is 2. The Morgan fingerprint density at radius 1 is 1.34 bits per heavy atom. The van der Waals surface area contributed by atoms with Gasteiger partial charge in [-0.2, -0.15) is 0 Å². The highest BCUT2D eigenvalue weighted by molar-refractivity contribution is 7.17. The Balaban J connectivity index is 1.40. The molecule has 1 aliphatic heterocycles. The third kappa shape index (κ3) is 5.42. The number of carbonyl (C=O) groups excluding carboxylic acids is 2. The van der Waals surface area contributed by atoms with Crippen LogP contribution in [0.3, 0.4) is 0 Å². The summed E-state index contributed by atoms with van der Waals surface area (Å²) in [6.07, 6.45) is 7.91. The fraction of sp³-hybridized carbons (Fsp3) is 0.429. The maximum atomic E-state index is 12.8. The lowest BCUT2D eigenvalue weighted by Gasteiger charge is -2.23. The fourth-order valence-electron chi connectivity index (χ4n) is 3.42. The van der Waals surface area contributed by atoms with Gasteiger partial charge in [-0.25, -0.2) is 14.8 Å². The maximum Gasteiger partial charge on any atom is 0.323 e. The highest BCUT2D eigenvalue weighted by atomic mass is 32.1. The first-order valence-electron chi connectivity index (χ1n) is 10.4. The number of fused-ring (bicyclic) bond motifs is 1. The number of hydrogen-bond acceptors (Lipinski definition) is 7. The van der Waals surface area contributed by atoms with E-state index in [-0.39, 0.29) is 17.9 Å². The number of carbonyl (C=O) groups is 2. The van der Waals surface area contributed by atoms with Crippen molar-refractivity contribution in [3.8, 4) is 0 Å². The van der Waals surface area contributed by atoms with Crippen molar-refractivity contribution in [2.24, 2.45) is 5.92 Å². The third-order valence-electron chi connectivity index (χ3n) is 5.14. The molecule has 1 saturated heterocycles. The van der Waals surface area contributed by atoms with Gasteiger partial charge in [-0.15, -0.1) is 0 Å². The van der Waals surface area contributed by atoms with E-state index in [1.54, 1.807) is 18.2 Å². The minimum atomic E-state index is -0.260. The number of rotatable bonds is 9. The second kappa shape index (κ2) is 10.5. The molecule has 1 unspecified atom stereocenters. The highest BCUT2D eigenvalue weighted by Crippen LogP contribution is 2.25. The van der Waals surface area contributed by atoms with E-state index in [4.69, 9.17) is 9.47 Å². The minimum absolute atomic E-state index is 0.233. The Morgan fingerprint density at radius 3 is 3.06 bits per heavy atom. The summed E-state index contributed by atoms with van der Waals surface area (Å²) >= 11 is 1.19. The SMILES string of the molecule is COCCNC(=O)N(CC1CCOC1)c1ncc(C(=O)NCc2ccc3nccn3c2)s1.